The molecule has 0 bridgehead atoms. The molecule has 117 heavy (non-hydrogen) atoms. The largest absolute Gasteiger partial charge is 0.480 e. The first-order valence-electron chi connectivity index (χ1n) is 38.1. The van der Waals surface area contributed by atoms with Crippen LogP contribution in [-0.4, -0.2) is 185 Å². The standard InChI is InChI=1S/C20H25N5O3.C13H18N4O4.C12H16N4O4.C11H14N4O4.C11H18N4O4.C9H13N/c1-4-11-25-19(27)17-18(23(3)20(25)28)22-13-24(17)12-16(26)21-10-9-15-7-5-14(2)6-8-15;1-4-6-17-12(19)10-11(15(3)13(17)20)14-8-16(10)7-9(18)21-5-2;1-3-5-16-11(18)9-10(14-12(16)19)13-7-15(9)6-8(17)20-4-2;1-3-4-15-10(18)8-9(13(2)11(15)19)12-6-14(8)5-7(16)17;1-3-5-15-10(17)8(9(12)14-11(15)18)13-6-7(16)19-4-2;1-8-2-4-9(5-3-8)6-7-10/h5-8,13H,4,9-12H2,1-3H3,(H,21,26);8H,4-7H2,1-3H3;7H,3-6H2,1-2H3,(H,14,19);6H,3-5H2,1-2H3,(H,16,17);8,13H,3-6H2,1-2H3,(H2,12,14,18);2-5H,6-7,10H2,1H3. The Morgan fingerprint density at radius 3 is 1.28 bits per heavy atom. The minimum atomic E-state index is -1.07. The van der Waals surface area contributed by atoms with Gasteiger partial charge in [0.15, 0.2) is 44.7 Å². The number of H-pyrrole nitrogens is 1. The number of urea groups is 1. The number of carbonyl (C=O) groups is 7. The Hall–Kier alpha value is -13.1. The summed E-state index contributed by atoms with van der Waals surface area (Å²) in [5.74, 6) is -3.49. The molecular weight excluding hydrogens is 1520 g/mol. The van der Waals surface area contributed by atoms with Crippen molar-refractivity contribution in [3.63, 3.8) is 0 Å². The number of carboxylic acid groups (broad SMARTS) is 1. The van der Waals surface area contributed by atoms with Gasteiger partial charge in [0.2, 0.25) is 5.91 Å². The van der Waals surface area contributed by atoms with Crippen LogP contribution >= 0.6 is 0 Å². The average molecular weight is 1630 g/mol. The van der Waals surface area contributed by atoms with Crippen molar-refractivity contribution in [2.45, 2.75) is 173 Å². The van der Waals surface area contributed by atoms with E-state index < -0.39 is 86.9 Å². The first kappa shape index (κ1) is 92.8. The molecular formula is C76H104N22O19. The molecule has 2 aromatic carbocycles. The summed E-state index contributed by atoms with van der Waals surface area (Å²) < 4.78 is 28.4. The zero-order valence-corrected chi connectivity index (χ0v) is 68.1. The van der Waals surface area contributed by atoms with Crippen molar-refractivity contribution in [3.05, 3.63) is 179 Å². The van der Waals surface area contributed by atoms with Crippen molar-refractivity contribution in [2.75, 3.05) is 46.0 Å². The van der Waals surface area contributed by atoms with E-state index in [1.807, 2.05) is 65.8 Å². The fourth-order valence-corrected chi connectivity index (χ4v) is 11.9. The maximum atomic E-state index is 12.7. The Bertz CT molecular complexity index is 5690. The number of aliphatic carboxylic acids is 1. The minimum Gasteiger partial charge on any atom is -0.480 e. The van der Waals surface area contributed by atoms with Crippen LogP contribution in [0.5, 0.6) is 0 Å². The highest BCUT2D eigenvalue weighted by atomic mass is 16.5. The van der Waals surface area contributed by atoms with Gasteiger partial charge in [-0.1, -0.05) is 94.3 Å². The molecule has 41 heteroatoms. The summed E-state index contributed by atoms with van der Waals surface area (Å²) in [6.07, 6.45) is 10.4. The molecule has 0 aliphatic carbocycles. The van der Waals surface area contributed by atoms with Gasteiger partial charge in [-0.05, 0) is 97.2 Å². The Labute approximate surface area is 668 Å². The lowest BCUT2D eigenvalue weighted by atomic mass is 10.1. The monoisotopic (exact) mass is 1630 g/mol. The highest BCUT2D eigenvalue weighted by Gasteiger charge is 2.38. The van der Waals surface area contributed by atoms with Crippen LogP contribution in [0, 0.1) is 19.3 Å². The summed E-state index contributed by atoms with van der Waals surface area (Å²) in [7, 11) is 4.64. The number of imide groups is 1. The molecule has 1 saturated heterocycles. The molecule has 4 amide bonds. The van der Waals surface area contributed by atoms with Crippen molar-refractivity contribution in [1.29, 1.82) is 5.41 Å². The summed E-state index contributed by atoms with van der Waals surface area (Å²) >= 11 is 0. The molecule has 9 heterocycles. The third-order valence-corrected chi connectivity index (χ3v) is 17.6. The molecule has 632 valence electrons. The number of hydrogen-bond acceptors (Lipinski definition) is 25. The highest BCUT2D eigenvalue weighted by Crippen LogP contribution is 2.12. The van der Waals surface area contributed by atoms with Gasteiger partial charge in [0.1, 0.15) is 38.1 Å². The molecule has 11 rings (SSSR count). The quantitative estimate of drug-likeness (QED) is 0.0254. The Morgan fingerprint density at radius 1 is 0.496 bits per heavy atom. The third-order valence-electron chi connectivity index (χ3n) is 17.6. The van der Waals surface area contributed by atoms with Crippen LogP contribution in [-0.2, 0) is 129 Å². The predicted octanol–water partition coefficient (Wildman–Crippen LogP) is 1.04. The zero-order chi connectivity index (χ0) is 86.5. The molecule has 41 nitrogen and oxygen atoms in total. The van der Waals surface area contributed by atoms with E-state index in [1.165, 1.54) is 85.6 Å². The Balaban J connectivity index is 0.000000222. The van der Waals surface area contributed by atoms with Gasteiger partial charge in [-0.15, -0.1) is 0 Å². The van der Waals surface area contributed by atoms with Crippen LogP contribution in [0.4, 0.5) is 4.79 Å². The van der Waals surface area contributed by atoms with E-state index in [0.29, 0.717) is 64.8 Å². The number of carbonyl (C=O) groups excluding carboxylic acids is 6. The number of aromatic nitrogens is 16. The molecule has 0 radical (unpaired) electrons. The van der Waals surface area contributed by atoms with Crippen molar-refractivity contribution in [1.82, 2.24) is 96.0 Å². The molecule has 1 atom stereocenters. The summed E-state index contributed by atoms with van der Waals surface area (Å²) in [6, 6.07) is 15.0. The van der Waals surface area contributed by atoms with Gasteiger partial charge >= 0.3 is 52.7 Å². The number of ether oxygens (including phenoxy) is 3. The lowest BCUT2D eigenvalue weighted by Gasteiger charge is -2.31. The molecule has 10 aromatic rings. The normalized spacial score (nSPS) is 12.3. The van der Waals surface area contributed by atoms with Gasteiger partial charge < -0.3 is 48.6 Å². The second kappa shape index (κ2) is 44.5. The summed E-state index contributed by atoms with van der Waals surface area (Å²) in [4.78, 5) is 198. The van der Waals surface area contributed by atoms with Crippen molar-refractivity contribution >= 4 is 92.2 Å². The average Bonchev–Trinajstić information content (AvgIpc) is 1.66. The SMILES string of the molecule is CCCN1C(=O)NC(=N)C(NCC(=O)OCC)C1=O.CCCn1c(=O)[nH]c2ncn(CC(=O)OCC)c2c1=O.CCCn1c(=O)c2c(ncn2CC(=O)NCCc2ccc(C)cc2)n(C)c1=O.CCCn1c(=O)c2c(ncn2CC(=O)O)n(C)c1=O.CCCn1c(=O)c2c(ncn2CC(=O)OCC)n(C)c1=O.Cc1ccc(CCN)cc1. The van der Waals surface area contributed by atoms with Gasteiger partial charge in [-0.25, -0.2) is 43.9 Å². The van der Waals surface area contributed by atoms with Gasteiger partial charge in [-0.3, -0.25) is 106 Å². The number of amidine groups is 1. The van der Waals surface area contributed by atoms with Gasteiger partial charge in [0, 0.05) is 60.4 Å². The molecule has 1 unspecified atom stereocenters. The van der Waals surface area contributed by atoms with Crippen molar-refractivity contribution < 1.29 is 52.9 Å². The highest BCUT2D eigenvalue weighted by molar-refractivity contribution is 6.19. The number of amides is 4. The predicted molar refractivity (Wildman–Crippen MR) is 433 cm³/mol. The molecule has 8 N–H and O–H groups in total. The first-order chi connectivity index (χ1) is 55.8. The zero-order valence-electron chi connectivity index (χ0n) is 68.1. The molecule has 0 saturated carbocycles. The van der Waals surface area contributed by atoms with E-state index in [9.17, 15) is 71.9 Å². The first-order valence-corrected chi connectivity index (χ1v) is 38.1. The van der Waals surface area contributed by atoms with E-state index in [0.717, 1.165) is 43.6 Å². The maximum Gasteiger partial charge on any atom is 0.332 e. The number of aromatic amines is 1. The molecule has 0 spiro atoms. The number of imidazole rings is 4. The summed E-state index contributed by atoms with van der Waals surface area (Å²) in [5, 5.41) is 24.2. The number of esters is 3. The minimum absolute atomic E-state index is 0.0238. The number of nitrogens with two attached hydrogens (primary N) is 1. The lowest BCUT2D eigenvalue weighted by Crippen LogP contribution is -2.65. The van der Waals surface area contributed by atoms with Crippen molar-refractivity contribution in [3.8, 4) is 0 Å². The number of hydrogen-bond donors (Lipinski definition) is 7. The van der Waals surface area contributed by atoms with Crippen LogP contribution in [0.15, 0.2) is 112 Å². The molecule has 1 aliphatic rings. The number of aryl methyl sites for hydroxylation is 5. The maximum absolute atomic E-state index is 12.7. The van der Waals surface area contributed by atoms with Gasteiger partial charge in [-0.2, -0.15) is 0 Å². The lowest BCUT2D eigenvalue weighted by molar-refractivity contribution is -0.144. The fourth-order valence-electron chi connectivity index (χ4n) is 11.9. The Kier molecular flexibility index (Phi) is 35.3. The van der Waals surface area contributed by atoms with Crippen LogP contribution in [0.3, 0.4) is 0 Å². The molecule has 8 aromatic heterocycles. The van der Waals surface area contributed by atoms with E-state index in [1.54, 1.807) is 34.9 Å². The Morgan fingerprint density at radius 2 is 0.872 bits per heavy atom. The topological polar surface area (TPSA) is 515 Å². The van der Waals surface area contributed by atoms with E-state index in [4.69, 9.17) is 30.5 Å². The smallest absolute Gasteiger partial charge is 0.332 e. The van der Waals surface area contributed by atoms with E-state index in [2.05, 4.69) is 72.1 Å². The second-order valence-electron chi connectivity index (χ2n) is 26.6. The molecule has 1 aliphatic heterocycles. The van der Waals surface area contributed by atoms with Crippen LogP contribution in [0.1, 0.15) is 110 Å². The third kappa shape index (κ3) is 24.0. The number of fused-ring (bicyclic) bond motifs is 4. The van der Waals surface area contributed by atoms with Gasteiger partial charge in [0.25, 0.3) is 28.1 Å². The number of benzene rings is 2. The summed E-state index contributed by atoms with van der Waals surface area (Å²) in [6.45, 7) is 21.3. The van der Waals surface area contributed by atoms with Gasteiger partial charge in [0.05, 0.1) is 51.7 Å². The van der Waals surface area contributed by atoms with Crippen LogP contribution in [0.2, 0.25) is 0 Å². The number of rotatable bonds is 29. The van der Waals surface area contributed by atoms with Crippen molar-refractivity contribution in [2.24, 2.45) is 26.9 Å². The van der Waals surface area contributed by atoms with Crippen LogP contribution in [0.25, 0.3) is 44.7 Å². The van der Waals surface area contributed by atoms with E-state index in [-0.39, 0.29) is 115 Å². The fraction of sp³-hybridized carbons (Fsp3) is 0.474. The van der Waals surface area contributed by atoms with Crippen LogP contribution < -0.4 is 66.7 Å². The molecule has 1 fully saturated rings. The van der Waals surface area contributed by atoms with E-state index >= 15 is 0 Å². The number of carboxylic acids is 1. The summed E-state index contributed by atoms with van der Waals surface area (Å²) in [5.41, 5.74) is 8.61. The number of nitrogens with zero attached hydrogens (tertiary/aromatic N) is 16. The number of nitrogens with one attached hydrogen (secondary N) is 5. The second-order valence-corrected chi connectivity index (χ2v) is 26.6.